The van der Waals surface area contributed by atoms with Crippen molar-refractivity contribution in [2.45, 2.75) is 20.3 Å². The van der Waals surface area contributed by atoms with Crippen LogP contribution in [0.5, 0.6) is 5.75 Å². The van der Waals surface area contributed by atoms with Gasteiger partial charge in [0.2, 0.25) is 0 Å². The zero-order valence-electron chi connectivity index (χ0n) is 11.1. The van der Waals surface area contributed by atoms with E-state index in [-0.39, 0.29) is 0 Å². The first-order valence-corrected chi connectivity index (χ1v) is 5.68. The molecule has 1 heteroatoms. The predicted molar refractivity (Wildman–Crippen MR) is 76.5 cm³/mol. The van der Waals surface area contributed by atoms with Crippen molar-refractivity contribution in [1.82, 2.24) is 0 Å². The molecule has 1 aromatic rings. The first kappa shape index (κ1) is 15.2. The van der Waals surface area contributed by atoms with E-state index < -0.39 is 0 Å². The van der Waals surface area contributed by atoms with Crippen molar-refractivity contribution >= 4 is 0 Å². The number of hydrogen-bond acceptors (Lipinski definition) is 1. The molecule has 1 nitrogen and oxygen atoms in total. The van der Waals surface area contributed by atoms with E-state index in [4.69, 9.17) is 4.74 Å². The molecule has 0 unspecified atom stereocenters. The van der Waals surface area contributed by atoms with Crippen molar-refractivity contribution in [1.29, 1.82) is 0 Å². The van der Waals surface area contributed by atoms with Crippen LogP contribution < -0.4 is 4.74 Å². The number of benzene rings is 1. The van der Waals surface area contributed by atoms with Crippen LogP contribution in [0.1, 0.15) is 18.9 Å². The van der Waals surface area contributed by atoms with Crippen molar-refractivity contribution in [3.8, 4) is 5.75 Å². The van der Waals surface area contributed by atoms with Crippen LogP contribution in [0.15, 0.2) is 61.2 Å². The Bertz CT molecular complexity index is 375. The van der Waals surface area contributed by atoms with Gasteiger partial charge in [0.25, 0.3) is 0 Å². The van der Waals surface area contributed by atoms with E-state index in [2.05, 4.69) is 38.3 Å². The Labute approximate surface area is 105 Å². The number of ether oxygens (including phenoxy) is 1. The quantitative estimate of drug-likeness (QED) is 0.635. The Kier molecular flexibility index (Phi) is 8.48. The summed E-state index contributed by atoms with van der Waals surface area (Å²) < 4.78 is 5.00. The second-order valence-electron chi connectivity index (χ2n) is 3.49. The third-order valence-electron chi connectivity index (χ3n) is 2.28. The number of aryl methyl sites for hydroxylation is 1. The third kappa shape index (κ3) is 6.41. The molecular weight excluding hydrogens is 208 g/mol. The Morgan fingerprint density at radius 1 is 1.29 bits per heavy atom. The summed E-state index contributed by atoms with van der Waals surface area (Å²) in [4.78, 5) is 0. The maximum absolute atomic E-state index is 5.00. The molecule has 0 bridgehead atoms. The van der Waals surface area contributed by atoms with Crippen LogP contribution in [-0.2, 0) is 0 Å². The van der Waals surface area contributed by atoms with Gasteiger partial charge in [0.1, 0.15) is 5.75 Å². The molecule has 1 aromatic carbocycles. The first-order chi connectivity index (χ1) is 8.26. The van der Waals surface area contributed by atoms with Crippen molar-refractivity contribution in [3.63, 3.8) is 0 Å². The van der Waals surface area contributed by atoms with E-state index in [9.17, 15) is 0 Å². The lowest BCUT2D eigenvalue weighted by atomic mass is 10.0. The van der Waals surface area contributed by atoms with Crippen molar-refractivity contribution < 1.29 is 4.74 Å². The summed E-state index contributed by atoms with van der Waals surface area (Å²) in [6.07, 6.45) is 7.63. The molecular formula is C16H22O. The Hall–Kier alpha value is -1.76. The average molecular weight is 230 g/mol. The Morgan fingerprint density at radius 2 is 1.94 bits per heavy atom. The molecule has 0 aromatic heterocycles. The molecule has 0 amide bonds. The lowest BCUT2D eigenvalue weighted by Gasteiger charge is -2.02. The van der Waals surface area contributed by atoms with Crippen LogP contribution in [0.2, 0.25) is 0 Å². The minimum atomic E-state index is 0.926. The van der Waals surface area contributed by atoms with Gasteiger partial charge in [0.05, 0.1) is 7.11 Å². The van der Waals surface area contributed by atoms with Crippen molar-refractivity contribution in [2.75, 3.05) is 7.11 Å². The van der Waals surface area contributed by atoms with Crippen molar-refractivity contribution in [2.24, 2.45) is 0 Å². The predicted octanol–water partition coefficient (Wildman–Crippen LogP) is 4.70. The summed E-state index contributed by atoms with van der Waals surface area (Å²) in [7, 11) is 1.68. The number of rotatable bonds is 1. The maximum atomic E-state index is 5.00. The van der Waals surface area contributed by atoms with Gasteiger partial charge in [-0.15, -0.1) is 13.2 Å². The summed E-state index contributed by atoms with van der Waals surface area (Å²) in [5.74, 6) is 0.926. The fourth-order valence-corrected chi connectivity index (χ4v) is 1.21. The van der Waals surface area contributed by atoms with Gasteiger partial charge in [0, 0.05) is 0 Å². The molecule has 0 atom stereocenters. The Balaban J connectivity index is 0.000000278. The van der Waals surface area contributed by atoms with Crippen LogP contribution >= 0.6 is 0 Å². The highest BCUT2D eigenvalue weighted by atomic mass is 16.5. The molecule has 1 aliphatic carbocycles. The average Bonchev–Trinajstić information content (AvgIpc) is 2.31. The molecule has 92 valence electrons. The van der Waals surface area contributed by atoms with E-state index in [0.717, 1.165) is 5.75 Å². The summed E-state index contributed by atoms with van der Waals surface area (Å²) in [5, 5.41) is 0. The zero-order valence-corrected chi connectivity index (χ0v) is 11.1. The molecule has 0 aliphatic heterocycles. The van der Waals surface area contributed by atoms with Crippen molar-refractivity contribution in [3.05, 3.63) is 66.8 Å². The summed E-state index contributed by atoms with van der Waals surface area (Å²) in [6, 6.07) is 7.96. The highest BCUT2D eigenvalue weighted by Crippen LogP contribution is 2.13. The van der Waals surface area contributed by atoms with Crippen LogP contribution in [-0.4, -0.2) is 7.11 Å². The van der Waals surface area contributed by atoms with E-state index >= 15 is 0 Å². The normalized spacial score (nSPS) is 13.7. The van der Waals surface area contributed by atoms with E-state index in [1.165, 1.54) is 17.6 Å². The number of methoxy groups -OCH3 is 1. The number of hydrogen-bond donors (Lipinski definition) is 0. The molecule has 0 fully saturated rings. The summed E-state index contributed by atoms with van der Waals surface area (Å²) >= 11 is 0. The van der Waals surface area contributed by atoms with Crippen LogP contribution in [0.4, 0.5) is 0 Å². The monoisotopic (exact) mass is 230 g/mol. The first-order valence-electron chi connectivity index (χ1n) is 5.68. The molecule has 0 saturated heterocycles. The molecule has 0 saturated carbocycles. The SMILES string of the molecule is C/C=C1\C=CC1.C=C.COc1cccc(C)c1. The summed E-state index contributed by atoms with van der Waals surface area (Å²) in [5.41, 5.74) is 2.70. The molecule has 17 heavy (non-hydrogen) atoms. The fourth-order valence-electron chi connectivity index (χ4n) is 1.21. The van der Waals surface area contributed by atoms with Gasteiger partial charge in [-0.3, -0.25) is 0 Å². The highest BCUT2D eigenvalue weighted by Gasteiger charge is 1.93. The largest absolute Gasteiger partial charge is 0.497 e. The minimum Gasteiger partial charge on any atom is -0.497 e. The lowest BCUT2D eigenvalue weighted by molar-refractivity contribution is 0.414. The summed E-state index contributed by atoms with van der Waals surface area (Å²) in [6.45, 7) is 10.1. The maximum Gasteiger partial charge on any atom is 0.119 e. The van der Waals surface area contributed by atoms with Crippen LogP contribution in [0, 0.1) is 6.92 Å². The topological polar surface area (TPSA) is 9.23 Å². The van der Waals surface area contributed by atoms with E-state index in [1.54, 1.807) is 7.11 Å². The van der Waals surface area contributed by atoms with Gasteiger partial charge >= 0.3 is 0 Å². The van der Waals surface area contributed by atoms with E-state index in [1.807, 2.05) is 31.2 Å². The highest BCUT2D eigenvalue weighted by molar-refractivity contribution is 5.29. The second kappa shape index (κ2) is 9.46. The molecule has 0 spiro atoms. The lowest BCUT2D eigenvalue weighted by Crippen LogP contribution is -1.82. The Morgan fingerprint density at radius 3 is 2.18 bits per heavy atom. The molecule has 2 rings (SSSR count). The van der Waals surface area contributed by atoms with Gasteiger partial charge < -0.3 is 4.74 Å². The second-order valence-corrected chi connectivity index (χ2v) is 3.49. The zero-order chi connectivity index (χ0) is 13.1. The van der Waals surface area contributed by atoms with E-state index in [0.29, 0.717) is 0 Å². The minimum absolute atomic E-state index is 0.926. The molecule has 0 heterocycles. The smallest absolute Gasteiger partial charge is 0.119 e. The number of allylic oxidation sites excluding steroid dienone is 4. The van der Waals surface area contributed by atoms with Gasteiger partial charge in [-0.2, -0.15) is 0 Å². The van der Waals surface area contributed by atoms with Gasteiger partial charge in [-0.25, -0.2) is 0 Å². The van der Waals surface area contributed by atoms with Crippen LogP contribution in [0.25, 0.3) is 0 Å². The fraction of sp³-hybridized carbons (Fsp3) is 0.250. The van der Waals surface area contributed by atoms with Gasteiger partial charge in [0.15, 0.2) is 0 Å². The van der Waals surface area contributed by atoms with Gasteiger partial charge in [-0.05, 0) is 43.5 Å². The standard InChI is InChI=1S/C8H10O.C6H8.C2H4/c1-7-4-3-5-8(6-7)9-2;1-2-6-4-3-5-6;1-2/h3-6H,1-2H3;2-4H,5H2,1H3;1-2H2/b;6-2+;. The molecule has 0 radical (unpaired) electrons. The van der Waals surface area contributed by atoms with Gasteiger partial charge in [-0.1, -0.05) is 30.4 Å². The van der Waals surface area contributed by atoms with Crippen LogP contribution in [0.3, 0.4) is 0 Å². The molecule has 1 aliphatic rings. The third-order valence-corrected chi connectivity index (χ3v) is 2.28. The molecule has 0 N–H and O–H groups in total.